The molecule has 2 rings (SSSR count). The molecule has 1 heterocycles. The number of methoxy groups -OCH3 is 1. The first-order valence-corrected chi connectivity index (χ1v) is 5.22. The summed E-state index contributed by atoms with van der Waals surface area (Å²) in [5.41, 5.74) is 3.80. The third-order valence-electron chi connectivity index (χ3n) is 2.76. The number of hydrogen-bond acceptors (Lipinski definition) is 3. The van der Waals surface area contributed by atoms with Crippen LogP contribution in [0.3, 0.4) is 0 Å². The quantitative estimate of drug-likeness (QED) is 0.764. The summed E-state index contributed by atoms with van der Waals surface area (Å²) in [7, 11) is 1.43. The van der Waals surface area contributed by atoms with E-state index in [-0.39, 0.29) is 5.97 Å². The summed E-state index contributed by atoms with van der Waals surface area (Å²) in [4.78, 5) is 11.0. The van der Waals surface area contributed by atoms with Crippen LogP contribution in [0.4, 0.5) is 5.69 Å². The lowest BCUT2D eigenvalue weighted by molar-refractivity contribution is -0.140. The third kappa shape index (κ3) is 2.12. The van der Waals surface area contributed by atoms with E-state index in [9.17, 15) is 4.79 Å². The molecule has 1 aromatic carbocycles. The van der Waals surface area contributed by atoms with E-state index in [1.165, 1.54) is 23.9 Å². The molecular weight excluding hydrogens is 190 g/mol. The molecule has 0 aliphatic carbocycles. The number of fused-ring (bicyclic) bond motifs is 1. The highest BCUT2D eigenvalue weighted by molar-refractivity contribution is 5.70. The Morgan fingerprint density at radius 3 is 3.20 bits per heavy atom. The van der Waals surface area contributed by atoms with Crippen LogP contribution in [0.25, 0.3) is 0 Å². The van der Waals surface area contributed by atoms with Crippen LogP contribution in [-0.2, 0) is 22.4 Å². The van der Waals surface area contributed by atoms with Gasteiger partial charge in [-0.1, -0.05) is 18.2 Å². The minimum atomic E-state index is -0.148. The molecule has 1 aliphatic heterocycles. The highest BCUT2D eigenvalue weighted by atomic mass is 16.5. The Kier molecular flexibility index (Phi) is 2.90. The lowest BCUT2D eigenvalue weighted by Crippen LogP contribution is -2.03. The van der Waals surface area contributed by atoms with Gasteiger partial charge in [-0.25, -0.2) is 0 Å². The number of hydrogen-bond donors (Lipinski definition) is 1. The average Bonchev–Trinajstić information content (AvgIpc) is 2.74. The van der Waals surface area contributed by atoms with Gasteiger partial charge in [0, 0.05) is 18.7 Å². The summed E-state index contributed by atoms with van der Waals surface area (Å²) in [6.45, 7) is 1.00. The molecule has 80 valence electrons. The molecule has 1 aromatic rings. The predicted octanol–water partition coefficient (Wildman–Crippen LogP) is 1.76. The summed E-state index contributed by atoms with van der Waals surface area (Å²) < 4.78 is 4.63. The van der Waals surface area contributed by atoms with Crippen molar-refractivity contribution in [3.05, 3.63) is 29.3 Å². The van der Waals surface area contributed by atoms with Gasteiger partial charge in [0.25, 0.3) is 0 Å². The number of nitrogens with one attached hydrogen (secondary N) is 1. The predicted molar refractivity (Wildman–Crippen MR) is 59.0 cm³/mol. The van der Waals surface area contributed by atoms with Gasteiger partial charge in [0.1, 0.15) is 0 Å². The van der Waals surface area contributed by atoms with Gasteiger partial charge in [-0.15, -0.1) is 0 Å². The first-order chi connectivity index (χ1) is 7.31. The Balaban J connectivity index is 2.09. The summed E-state index contributed by atoms with van der Waals surface area (Å²) in [5.74, 6) is -0.148. The maximum Gasteiger partial charge on any atom is 0.305 e. The van der Waals surface area contributed by atoms with Gasteiger partial charge < -0.3 is 10.1 Å². The number of carbonyl (C=O) groups is 1. The fourth-order valence-electron chi connectivity index (χ4n) is 1.96. The van der Waals surface area contributed by atoms with Crippen molar-refractivity contribution in [1.82, 2.24) is 0 Å². The number of ether oxygens (including phenoxy) is 1. The third-order valence-corrected chi connectivity index (χ3v) is 2.76. The fourth-order valence-corrected chi connectivity index (χ4v) is 1.96. The van der Waals surface area contributed by atoms with Crippen LogP contribution in [0.2, 0.25) is 0 Å². The second-order valence-corrected chi connectivity index (χ2v) is 3.70. The number of para-hydroxylation sites is 1. The standard InChI is InChI=1S/C12H15NO2/c1-15-11(14)6-5-9-3-2-4-10-7-8-13-12(9)10/h2-4,13H,5-8H2,1H3. The number of benzene rings is 1. The molecule has 0 spiro atoms. The topological polar surface area (TPSA) is 38.3 Å². The molecule has 0 bridgehead atoms. The van der Waals surface area contributed by atoms with Crippen LogP contribution < -0.4 is 5.32 Å². The zero-order chi connectivity index (χ0) is 10.7. The van der Waals surface area contributed by atoms with Gasteiger partial charge in [-0.3, -0.25) is 4.79 Å². The van der Waals surface area contributed by atoms with Crippen molar-refractivity contribution in [3.8, 4) is 0 Å². The first kappa shape index (κ1) is 10.0. The first-order valence-electron chi connectivity index (χ1n) is 5.22. The van der Waals surface area contributed by atoms with Crippen LogP contribution in [0.15, 0.2) is 18.2 Å². The van der Waals surface area contributed by atoms with Crippen LogP contribution in [-0.4, -0.2) is 19.6 Å². The van der Waals surface area contributed by atoms with E-state index in [2.05, 4.69) is 28.3 Å². The maximum absolute atomic E-state index is 11.0. The van der Waals surface area contributed by atoms with Crippen molar-refractivity contribution in [3.63, 3.8) is 0 Å². The molecule has 0 saturated heterocycles. The smallest absolute Gasteiger partial charge is 0.305 e. The molecule has 1 aliphatic rings. The van der Waals surface area contributed by atoms with Crippen molar-refractivity contribution >= 4 is 11.7 Å². The Morgan fingerprint density at radius 1 is 1.53 bits per heavy atom. The molecular formula is C12H15NO2. The normalized spacial score (nSPS) is 13.1. The van der Waals surface area contributed by atoms with Gasteiger partial charge in [0.2, 0.25) is 0 Å². The van der Waals surface area contributed by atoms with E-state index in [1.54, 1.807) is 0 Å². The Bertz CT molecular complexity index is 374. The second kappa shape index (κ2) is 4.34. The van der Waals surface area contributed by atoms with Crippen LogP contribution in [0.1, 0.15) is 17.5 Å². The number of carbonyl (C=O) groups excluding carboxylic acids is 1. The van der Waals surface area contributed by atoms with E-state index >= 15 is 0 Å². The monoisotopic (exact) mass is 205 g/mol. The summed E-state index contributed by atoms with van der Waals surface area (Å²) in [5, 5.41) is 3.36. The maximum atomic E-state index is 11.0. The van der Waals surface area contributed by atoms with Crippen LogP contribution in [0, 0.1) is 0 Å². The minimum absolute atomic E-state index is 0.148. The van der Waals surface area contributed by atoms with E-state index in [0.717, 1.165) is 19.4 Å². The van der Waals surface area contributed by atoms with Crippen LogP contribution >= 0.6 is 0 Å². The van der Waals surface area contributed by atoms with Gasteiger partial charge in [0.15, 0.2) is 0 Å². The number of aryl methyl sites for hydroxylation is 1. The molecule has 0 atom stereocenters. The fraction of sp³-hybridized carbons (Fsp3) is 0.417. The SMILES string of the molecule is COC(=O)CCc1cccc2c1NCC2. The summed E-state index contributed by atoms with van der Waals surface area (Å²) in [6, 6.07) is 6.26. The van der Waals surface area contributed by atoms with Crippen LogP contribution in [0.5, 0.6) is 0 Å². The highest BCUT2D eigenvalue weighted by Gasteiger charge is 2.14. The highest BCUT2D eigenvalue weighted by Crippen LogP contribution is 2.27. The Morgan fingerprint density at radius 2 is 2.40 bits per heavy atom. The number of anilines is 1. The molecule has 3 nitrogen and oxygen atoms in total. The lowest BCUT2D eigenvalue weighted by Gasteiger charge is -2.07. The van der Waals surface area contributed by atoms with E-state index in [1.807, 2.05) is 0 Å². The minimum Gasteiger partial charge on any atom is -0.469 e. The second-order valence-electron chi connectivity index (χ2n) is 3.70. The zero-order valence-electron chi connectivity index (χ0n) is 8.88. The number of esters is 1. The van der Waals surface area contributed by atoms with Gasteiger partial charge in [0.05, 0.1) is 7.11 Å². The molecule has 0 unspecified atom stereocenters. The van der Waals surface area contributed by atoms with Gasteiger partial charge in [-0.05, 0) is 24.0 Å². The summed E-state index contributed by atoms with van der Waals surface area (Å²) >= 11 is 0. The van der Waals surface area contributed by atoms with Gasteiger partial charge in [-0.2, -0.15) is 0 Å². The van der Waals surface area contributed by atoms with Gasteiger partial charge >= 0.3 is 5.97 Å². The largest absolute Gasteiger partial charge is 0.469 e. The average molecular weight is 205 g/mol. The summed E-state index contributed by atoms with van der Waals surface area (Å²) in [6.07, 6.45) is 2.29. The van der Waals surface area contributed by atoms with E-state index in [4.69, 9.17) is 0 Å². The molecule has 15 heavy (non-hydrogen) atoms. The van der Waals surface area contributed by atoms with Crippen molar-refractivity contribution in [2.75, 3.05) is 19.0 Å². The molecule has 3 heteroatoms. The lowest BCUT2D eigenvalue weighted by atomic mass is 10.0. The molecule has 1 N–H and O–H groups in total. The van der Waals surface area contributed by atoms with Crippen molar-refractivity contribution in [2.45, 2.75) is 19.3 Å². The zero-order valence-corrected chi connectivity index (χ0v) is 8.88. The van der Waals surface area contributed by atoms with Crippen molar-refractivity contribution in [2.24, 2.45) is 0 Å². The van der Waals surface area contributed by atoms with Crippen molar-refractivity contribution < 1.29 is 9.53 Å². The number of rotatable bonds is 3. The molecule has 0 aromatic heterocycles. The van der Waals surface area contributed by atoms with E-state index in [0.29, 0.717) is 6.42 Å². The Hall–Kier alpha value is -1.51. The Labute approximate surface area is 89.4 Å². The van der Waals surface area contributed by atoms with E-state index < -0.39 is 0 Å². The molecule has 0 amide bonds. The van der Waals surface area contributed by atoms with Crippen molar-refractivity contribution in [1.29, 1.82) is 0 Å². The molecule has 0 fully saturated rings. The molecule has 0 radical (unpaired) electrons. The molecule has 0 saturated carbocycles.